The Morgan fingerprint density at radius 2 is 1.95 bits per heavy atom. The van der Waals surface area contributed by atoms with E-state index in [1.165, 1.54) is 11.8 Å². The van der Waals surface area contributed by atoms with Crippen molar-refractivity contribution in [2.75, 3.05) is 24.7 Å². The van der Waals surface area contributed by atoms with Crippen LogP contribution in [0.2, 0.25) is 0 Å². The van der Waals surface area contributed by atoms with Crippen molar-refractivity contribution in [3.8, 4) is 0 Å². The topological polar surface area (TPSA) is 163 Å². The van der Waals surface area contributed by atoms with Crippen molar-refractivity contribution in [3.05, 3.63) is 0 Å². The zero-order chi connectivity index (χ0) is 16.7. The van der Waals surface area contributed by atoms with Crippen molar-refractivity contribution in [2.45, 2.75) is 43.2 Å². The summed E-state index contributed by atoms with van der Waals surface area (Å²) in [5.41, 5.74) is 5.35. The smallest absolute Gasteiger partial charge is 0.321 e. The van der Waals surface area contributed by atoms with E-state index in [0.717, 1.165) is 0 Å². The standard InChI is InChI=1S/C12H23NO8S/c13-6(11(18)19)5-22-3-1-2-20-12-10(17)9(16)8(15)7(4-14)21-12/h6-10,12,14-17H,1-5,13H2,(H,18,19)/t6-,7+,8-,9-,10+,12+/m0/s1. The Balaban J connectivity index is 2.22. The molecule has 0 aromatic heterocycles. The SMILES string of the molecule is N[C@@H](CSCCCO[C@@H]1O[C@H](CO)[C@H](O)[C@H](O)[C@H]1O)C(=O)O. The van der Waals surface area contributed by atoms with E-state index in [-0.39, 0.29) is 12.4 Å². The van der Waals surface area contributed by atoms with Crippen molar-refractivity contribution in [1.82, 2.24) is 0 Å². The fourth-order valence-electron chi connectivity index (χ4n) is 1.85. The summed E-state index contributed by atoms with van der Waals surface area (Å²) in [4.78, 5) is 10.5. The lowest BCUT2D eigenvalue weighted by molar-refractivity contribution is -0.300. The summed E-state index contributed by atoms with van der Waals surface area (Å²) in [6, 6.07) is -0.906. The number of carboxylic acid groups (broad SMARTS) is 1. The number of carbonyl (C=O) groups is 1. The summed E-state index contributed by atoms with van der Waals surface area (Å²) >= 11 is 1.36. The highest BCUT2D eigenvalue weighted by atomic mass is 32.2. The maximum absolute atomic E-state index is 10.5. The normalized spacial score (nSPS) is 33.6. The van der Waals surface area contributed by atoms with Crippen molar-refractivity contribution >= 4 is 17.7 Å². The molecular formula is C12H23NO8S. The van der Waals surface area contributed by atoms with Gasteiger partial charge >= 0.3 is 5.97 Å². The third kappa shape index (κ3) is 5.63. The molecule has 0 spiro atoms. The van der Waals surface area contributed by atoms with Gasteiger partial charge in [-0.3, -0.25) is 4.79 Å². The molecule has 1 aliphatic heterocycles. The van der Waals surface area contributed by atoms with E-state index < -0.39 is 49.3 Å². The number of rotatable bonds is 9. The van der Waals surface area contributed by atoms with Crippen LogP contribution in [0.5, 0.6) is 0 Å². The third-order valence-corrected chi connectivity index (χ3v) is 4.35. The lowest BCUT2D eigenvalue weighted by atomic mass is 9.99. The molecule has 10 heteroatoms. The minimum atomic E-state index is -1.46. The number of aliphatic carboxylic acids is 1. The van der Waals surface area contributed by atoms with E-state index in [1.54, 1.807) is 0 Å². The molecule has 6 atom stereocenters. The van der Waals surface area contributed by atoms with Gasteiger partial charge in [0.25, 0.3) is 0 Å². The molecule has 0 aromatic carbocycles. The molecule has 0 radical (unpaired) electrons. The number of hydrogen-bond donors (Lipinski definition) is 6. The number of aliphatic hydroxyl groups excluding tert-OH is 4. The molecule has 1 rings (SSSR count). The van der Waals surface area contributed by atoms with Gasteiger partial charge in [0.15, 0.2) is 6.29 Å². The first-order chi connectivity index (χ1) is 10.4. The van der Waals surface area contributed by atoms with Gasteiger partial charge in [-0.2, -0.15) is 11.8 Å². The van der Waals surface area contributed by atoms with Crippen molar-refractivity contribution in [3.63, 3.8) is 0 Å². The van der Waals surface area contributed by atoms with Crippen LogP contribution in [-0.2, 0) is 14.3 Å². The minimum Gasteiger partial charge on any atom is -0.480 e. The molecule has 1 heterocycles. The highest BCUT2D eigenvalue weighted by Gasteiger charge is 2.43. The molecular weight excluding hydrogens is 318 g/mol. The Morgan fingerprint density at radius 1 is 1.27 bits per heavy atom. The molecule has 0 saturated carbocycles. The quantitative estimate of drug-likeness (QED) is 0.244. The van der Waals surface area contributed by atoms with E-state index in [0.29, 0.717) is 12.2 Å². The highest BCUT2D eigenvalue weighted by Crippen LogP contribution is 2.22. The molecule has 130 valence electrons. The monoisotopic (exact) mass is 341 g/mol. The number of aliphatic hydroxyl groups is 4. The summed E-state index contributed by atoms with van der Waals surface area (Å²) < 4.78 is 10.5. The van der Waals surface area contributed by atoms with Crippen LogP contribution in [-0.4, -0.2) is 93.0 Å². The molecule has 0 aliphatic carbocycles. The summed E-state index contributed by atoms with van der Waals surface area (Å²) in [5, 5.41) is 46.5. The molecule has 0 unspecified atom stereocenters. The third-order valence-electron chi connectivity index (χ3n) is 3.18. The zero-order valence-electron chi connectivity index (χ0n) is 11.9. The molecule has 1 aliphatic rings. The molecule has 0 aromatic rings. The van der Waals surface area contributed by atoms with Crippen LogP contribution in [0.15, 0.2) is 0 Å². The molecule has 7 N–H and O–H groups in total. The van der Waals surface area contributed by atoms with Crippen LogP contribution >= 0.6 is 11.8 Å². The lowest BCUT2D eigenvalue weighted by Crippen LogP contribution is -2.59. The van der Waals surface area contributed by atoms with Crippen molar-refractivity contribution in [1.29, 1.82) is 0 Å². The lowest BCUT2D eigenvalue weighted by Gasteiger charge is -2.39. The van der Waals surface area contributed by atoms with Crippen LogP contribution < -0.4 is 5.73 Å². The van der Waals surface area contributed by atoms with Gasteiger partial charge in [-0.15, -0.1) is 0 Å². The maximum atomic E-state index is 10.5. The first kappa shape index (κ1) is 19.6. The second-order valence-electron chi connectivity index (χ2n) is 4.94. The number of nitrogens with two attached hydrogens (primary N) is 1. The summed E-state index contributed by atoms with van der Waals surface area (Å²) in [6.07, 6.45) is -5.85. The largest absolute Gasteiger partial charge is 0.480 e. The van der Waals surface area contributed by atoms with Gasteiger partial charge in [-0.25, -0.2) is 0 Å². The maximum Gasteiger partial charge on any atom is 0.321 e. The molecule has 0 amide bonds. The average Bonchev–Trinajstić information content (AvgIpc) is 2.49. The fourth-order valence-corrected chi connectivity index (χ4v) is 2.73. The van der Waals surface area contributed by atoms with Gasteiger partial charge in [0.1, 0.15) is 30.5 Å². The first-order valence-electron chi connectivity index (χ1n) is 6.86. The molecule has 9 nitrogen and oxygen atoms in total. The predicted octanol–water partition coefficient (Wildman–Crippen LogP) is -2.66. The van der Waals surface area contributed by atoms with Crippen molar-refractivity contribution in [2.24, 2.45) is 5.73 Å². The van der Waals surface area contributed by atoms with Gasteiger partial charge < -0.3 is 40.7 Å². The van der Waals surface area contributed by atoms with Crippen LogP contribution in [0.1, 0.15) is 6.42 Å². The molecule has 22 heavy (non-hydrogen) atoms. The number of carboxylic acids is 1. The van der Waals surface area contributed by atoms with Crippen molar-refractivity contribution < 1.29 is 39.8 Å². The van der Waals surface area contributed by atoms with Crippen LogP contribution in [0.25, 0.3) is 0 Å². The summed E-state index contributed by atoms with van der Waals surface area (Å²) in [5.74, 6) is -0.154. The number of thioether (sulfide) groups is 1. The molecule has 0 bridgehead atoms. The Labute approximate surface area is 132 Å². The van der Waals surface area contributed by atoms with Gasteiger partial charge in [0.05, 0.1) is 13.2 Å². The van der Waals surface area contributed by atoms with E-state index in [1.807, 2.05) is 0 Å². The molecule has 1 fully saturated rings. The van der Waals surface area contributed by atoms with Gasteiger partial charge in [0.2, 0.25) is 0 Å². The molecule has 1 saturated heterocycles. The Bertz CT molecular complexity index is 345. The zero-order valence-corrected chi connectivity index (χ0v) is 12.8. The van der Waals surface area contributed by atoms with E-state index in [9.17, 15) is 20.1 Å². The first-order valence-corrected chi connectivity index (χ1v) is 8.02. The Kier molecular flexibility index (Phi) is 8.57. The van der Waals surface area contributed by atoms with E-state index in [2.05, 4.69) is 0 Å². The van der Waals surface area contributed by atoms with Gasteiger partial charge in [-0.05, 0) is 12.2 Å². The van der Waals surface area contributed by atoms with E-state index >= 15 is 0 Å². The van der Waals surface area contributed by atoms with Crippen LogP contribution in [0, 0.1) is 0 Å². The second-order valence-corrected chi connectivity index (χ2v) is 6.09. The van der Waals surface area contributed by atoms with Crippen LogP contribution in [0.4, 0.5) is 0 Å². The van der Waals surface area contributed by atoms with Gasteiger partial charge in [0, 0.05) is 5.75 Å². The highest BCUT2D eigenvalue weighted by molar-refractivity contribution is 7.99. The number of hydrogen-bond acceptors (Lipinski definition) is 9. The second kappa shape index (κ2) is 9.63. The van der Waals surface area contributed by atoms with Crippen LogP contribution in [0.3, 0.4) is 0 Å². The fraction of sp³-hybridized carbons (Fsp3) is 0.917. The summed E-state index contributed by atoms with van der Waals surface area (Å²) in [6.45, 7) is -0.300. The Hall–Kier alpha value is -0.460. The Morgan fingerprint density at radius 3 is 2.55 bits per heavy atom. The predicted molar refractivity (Wildman–Crippen MR) is 77.3 cm³/mol. The average molecular weight is 341 g/mol. The number of ether oxygens (including phenoxy) is 2. The summed E-state index contributed by atoms with van der Waals surface area (Å²) in [7, 11) is 0. The van der Waals surface area contributed by atoms with E-state index in [4.69, 9.17) is 25.4 Å². The minimum absolute atomic E-state index is 0.206. The van der Waals surface area contributed by atoms with Gasteiger partial charge in [-0.1, -0.05) is 0 Å².